The van der Waals surface area contributed by atoms with Gasteiger partial charge in [0.05, 0.1) is 11.6 Å². The molecule has 218 valence electrons. The van der Waals surface area contributed by atoms with Crippen molar-refractivity contribution >= 4 is 17.8 Å². The zero-order valence-corrected chi connectivity index (χ0v) is 25.0. The number of nitrogens with zero attached hydrogens (tertiary/aromatic N) is 1. The first-order valence-electron chi connectivity index (χ1n) is 14.6. The number of esters is 1. The predicted octanol–water partition coefficient (Wildman–Crippen LogP) is 5.53. The minimum absolute atomic E-state index is 0.107. The van der Waals surface area contributed by atoms with E-state index in [2.05, 4.69) is 36.4 Å². The van der Waals surface area contributed by atoms with Crippen LogP contribution in [-0.4, -0.2) is 53.4 Å². The standard InChI is InChI=1S/C33H47N3O4/c1-23(2)21-29(36(6)26-15-11-8-12-16-26)31(38)34-28(30(37)35-33(3,4)5)22-24-17-19-27(20-18-24)40-32(39)25-13-9-7-10-14-25/h7,9-10,13-14,17-20,23,26,28-29H,8,11-12,15-16,21-22H2,1-6H3,(H,34,38)(H,35,37)/t28-,29-/m0/s1. The van der Waals surface area contributed by atoms with Gasteiger partial charge in [-0.2, -0.15) is 0 Å². The fourth-order valence-electron chi connectivity index (χ4n) is 5.25. The van der Waals surface area contributed by atoms with Gasteiger partial charge in [0.15, 0.2) is 0 Å². The maximum absolute atomic E-state index is 13.8. The van der Waals surface area contributed by atoms with Crippen molar-refractivity contribution in [1.82, 2.24) is 15.5 Å². The molecule has 2 atom stereocenters. The first-order valence-corrected chi connectivity index (χ1v) is 14.6. The van der Waals surface area contributed by atoms with Crippen molar-refractivity contribution in [2.45, 2.75) is 103 Å². The maximum Gasteiger partial charge on any atom is 0.343 e. The molecule has 7 nitrogen and oxygen atoms in total. The van der Waals surface area contributed by atoms with Crippen LogP contribution in [0, 0.1) is 5.92 Å². The van der Waals surface area contributed by atoms with Crippen LogP contribution in [0.15, 0.2) is 54.6 Å². The quantitative estimate of drug-likeness (QED) is 0.284. The van der Waals surface area contributed by atoms with Crippen LogP contribution in [0.5, 0.6) is 5.75 Å². The average molecular weight is 550 g/mol. The van der Waals surface area contributed by atoms with Crippen LogP contribution >= 0.6 is 0 Å². The van der Waals surface area contributed by atoms with Crippen molar-refractivity contribution in [3.8, 4) is 5.75 Å². The Morgan fingerprint density at radius 3 is 2.12 bits per heavy atom. The molecule has 0 saturated heterocycles. The van der Waals surface area contributed by atoms with E-state index in [1.54, 1.807) is 36.4 Å². The number of carbonyl (C=O) groups excluding carboxylic acids is 3. The van der Waals surface area contributed by atoms with E-state index in [0.29, 0.717) is 29.7 Å². The van der Waals surface area contributed by atoms with Gasteiger partial charge in [0, 0.05) is 18.0 Å². The third-order valence-corrected chi connectivity index (χ3v) is 7.35. The summed E-state index contributed by atoms with van der Waals surface area (Å²) >= 11 is 0. The van der Waals surface area contributed by atoms with Crippen molar-refractivity contribution in [2.75, 3.05) is 7.05 Å². The van der Waals surface area contributed by atoms with Gasteiger partial charge in [-0.3, -0.25) is 14.5 Å². The lowest BCUT2D eigenvalue weighted by Crippen LogP contribution is -2.57. The first kappa shape index (κ1) is 31.3. The number of carbonyl (C=O) groups is 3. The van der Waals surface area contributed by atoms with Gasteiger partial charge in [0.25, 0.3) is 0 Å². The van der Waals surface area contributed by atoms with E-state index in [9.17, 15) is 14.4 Å². The molecule has 0 spiro atoms. The smallest absolute Gasteiger partial charge is 0.343 e. The highest BCUT2D eigenvalue weighted by Gasteiger charge is 2.33. The Hall–Kier alpha value is -3.19. The summed E-state index contributed by atoms with van der Waals surface area (Å²) in [5.41, 5.74) is 0.892. The van der Waals surface area contributed by atoms with Crippen LogP contribution in [0.2, 0.25) is 0 Å². The van der Waals surface area contributed by atoms with Crippen molar-refractivity contribution in [2.24, 2.45) is 5.92 Å². The lowest BCUT2D eigenvalue weighted by atomic mass is 9.91. The van der Waals surface area contributed by atoms with Crippen molar-refractivity contribution in [1.29, 1.82) is 0 Å². The predicted molar refractivity (Wildman–Crippen MR) is 159 cm³/mol. The van der Waals surface area contributed by atoms with Gasteiger partial charge >= 0.3 is 5.97 Å². The number of hydrogen-bond acceptors (Lipinski definition) is 5. The minimum atomic E-state index is -0.737. The molecule has 7 heteroatoms. The summed E-state index contributed by atoms with van der Waals surface area (Å²) in [6.07, 6.45) is 6.90. The Balaban J connectivity index is 1.74. The first-order chi connectivity index (χ1) is 18.9. The second kappa shape index (κ2) is 14.4. The summed E-state index contributed by atoms with van der Waals surface area (Å²) < 4.78 is 5.50. The maximum atomic E-state index is 13.8. The van der Waals surface area contributed by atoms with E-state index >= 15 is 0 Å². The van der Waals surface area contributed by atoms with Crippen LogP contribution in [0.4, 0.5) is 0 Å². The Morgan fingerprint density at radius 1 is 0.925 bits per heavy atom. The highest BCUT2D eigenvalue weighted by Crippen LogP contribution is 2.25. The Bertz CT molecular complexity index is 1100. The summed E-state index contributed by atoms with van der Waals surface area (Å²) in [6.45, 7) is 10.0. The minimum Gasteiger partial charge on any atom is -0.423 e. The summed E-state index contributed by atoms with van der Waals surface area (Å²) in [4.78, 5) is 41.8. The largest absolute Gasteiger partial charge is 0.423 e. The van der Waals surface area contributed by atoms with Gasteiger partial charge in [-0.1, -0.05) is 63.4 Å². The number of nitrogens with one attached hydrogen (secondary N) is 2. The lowest BCUT2D eigenvalue weighted by Gasteiger charge is -2.38. The molecular formula is C33H47N3O4. The molecule has 1 aliphatic carbocycles. The fraction of sp³-hybridized carbons (Fsp3) is 0.545. The van der Waals surface area contributed by atoms with E-state index in [-0.39, 0.29) is 17.9 Å². The van der Waals surface area contributed by atoms with Crippen LogP contribution in [0.3, 0.4) is 0 Å². The van der Waals surface area contributed by atoms with Crippen molar-refractivity contribution in [3.05, 3.63) is 65.7 Å². The zero-order chi connectivity index (χ0) is 29.3. The molecule has 0 aliphatic heterocycles. The number of ether oxygens (including phenoxy) is 1. The van der Waals surface area contributed by atoms with E-state index in [1.807, 2.05) is 39.0 Å². The van der Waals surface area contributed by atoms with E-state index in [4.69, 9.17) is 4.74 Å². The molecule has 1 aliphatic rings. The van der Waals surface area contributed by atoms with Crippen molar-refractivity contribution < 1.29 is 19.1 Å². The SMILES string of the molecule is CC(C)C[C@@H](C(=O)N[C@@H](Cc1ccc(OC(=O)c2ccccc2)cc1)C(=O)NC(C)(C)C)N(C)C1CCCCC1. The third kappa shape index (κ3) is 9.77. The second-order valence-electron chi connectivity index (χ2n) is 12.5. The van der Waals surface area contributed by atoms with Gasteiger partial charge in [-0.05, 0) is 82.8 Å². The summed E-state index contributed by atoms with van der Waals surface area (Å²) in [5.74, 6) is 0.00726. The molecule has 0 radical (unpaired) electrons. The molecule has 2 N–H and O–H groups in total. The fourth-order valence-corrected chi connectivity index (χ4v) is 5.25. The Labute approximate surface area is 240 Å². The molecular weight excluding hydrogens is 502 g/mol. The normalized spacial score (nSPS) is 15.9. The molecule has 1 saturated carbocycles. The van der Waals surface area contributed by atoms with Crippen LogP contribution in [0.1, 0.15) is 89.1 Å². The van der Waals surface area contributed by atoms with Gasteiger partial charge in [-0.15, -0.1) is 0 Å². The molecule has 40 heavy (non-hydrogen) atoms. The second-order valence-corrected chi connectivity index (χ2v) is 12.5. The number of amides is 2. The van der Waals surface area contributed by atoms with Crippen LogP contribution in [0.25, 0.3) is 0 Å². The molecule has 0 unspecified atom stereocenters. The molecule has 3 rings (SSSR count). The number of hydrogen-bond donors (Lipinski definition) is 2. The molecule has 1 fully saturated rings. The topological polar surface area (TPSA) is 87.7 Å². The van der Waals surface area contributed by atoms with Gasteiger partial charge < -0.3 is 15.4 Å². The molecule has 2 amide bonds. The van der Waals surface area contributed by atoms with E-state index < -0.39 is 17.6 Å². The average Bonchev–Trinajstić information content (AvgIpc) is 2.91. The molecule has 0 aromatic heterocycles. The lowest BCUT2D eigenvalue weighted by molar-refractivity contribution is -0.133. The highest BCUT2D eigenvalue weighted by molar-refractivity contribution is 5.91. The van der Waals surface area contributed by atoms with E-state index in [1.165, 1.54) is 19.3 Å². The Kier molecular flexibility index (Phi) is 11.3. The summed E-state index contributed by atoms with van der Waals surface area (Å²) in [5, 5.41) is 6.14. The molecule has 0 heterocycles. The van der Waals surface area contributed by atoms with Gasteiger partial charge in [0.2, 0.25) is 11.8 Å². The third-order valence-electron chi connectivity index (χ3n) is 7.35. The summed E-state index contributed by atoms with van der Waals surface area (Å²) in [6, 6.07) is 15.3. The number of likely N-dealkylation sites (N-methyl/N-ethyl adjacent to an activating group) is 1. The molecule has 0 bridgehead atoms. The van der Waals surface area contributed by atoms with Crippen LogP contribution < -0.4 is 15.4 Å². The van der Waals surface area contributed by atoms with Crippen molar-refractivity contribution in [3.63, 3.8) is 0 Å². The van der Waals surface area contributed by atoms with Gasteiger partial charge in [-0.25, -0.2) is 4.79 Å². The highest BCUT2D eigenvalue weighted by atomic mass is 16.5. The monoisotopic (exact) mass is 549 g/mol. The summed E-state index contributed by atoms with van der Waals surface area (Å²) in [7, 11) is 2.06. The Morgan fingerprint density at radius 2 is 1.55 bits per heavy atom. The number of rotatable bonds is 11. The number of benzene rings is 2. The van der Waals surface area contributed by atoms with Gasteiger partial charge in [0.1, 0.15) is 11.8 Å². The van der Waals surface area contributed by atoms with E-state index in [0.717, 1.165) is 24.8 Å². The zero-order valence-electron chi connectivity index (χ0n) is 25.0. The molecule has 2 aromatic carbocycles. The van der Waals surface area contributed by atoms with Crippen LogP contribution in [-0.2, 0) is 16.0 Å². The molecule has 2 aromatic rings.